The monoisotopic (exact) mass is 366 g/mol. The Kier molecular flexibility index (Phi) is 4.50. The molecular weight excluding hydrogens is 340 g/mol. The second-order valence-corrected chi connectivity index (χ2v) is 8.03. The number of likely N-dealkylation sites (tertiary alicyclic amines) is 1. The minimum absolute atomic E-state index is 0.0162. The zero-order chi connectivity index (χ0) is 19.0. The summed E-state index contributed by atoms with van der Waals surface area (Å²) in [6.45, 7) is 5.38. The minimum atomic E-state index is -0.515. The predicted molar refractivity (Wildman–Crippen MR) is 103 cm³/mol. The third-order valence-electron chi connectivity index (χ3n) is 5.92. The zero-order valence-corrected chi connectivity index (χ0v) is 15.9. The lowest BCUT2D eigenvalue weighted by Gasteiger charge is -2.33. The molecule has 4 rings (SSSR count). The molecule has 1 aromatic carbocycles. The predicted octanol–water partition coefficient (Wildman–Crippen LogP) is 2.70. The summed E-state index contributed by atoms with van der Waals surface area (Å²) >= 11 is 0. The standard InChI is InChI=1S/C21H26N4O2/c1-15-13-22-25(14-15)18-5-3-17(4-6-18)19(26)23-16(2)20(27)24-11-9-21(7-8-21)10-12-24/h3-6,13-14,16H,7-12H2,1-2H3,(H,23,26)/t16-/m0/s1. The summed E-state index contributed by atoms with van der Waals surface area (Å²) in [7, 11) is 0. The van der Waals surface area contributed by atoms with Gasteiger partial charge in [0, 0.05) is 24.8 Å². The second-order valence-electron chi connectivity index (χ2n) is 8.03. The lowest BCUT2D eigenvalue weighted by atomic mass is 9.93. The largest absolute Gasteiger partial charge is 0.341 e. The average molecular weight is 366 g/mol. The van der Waals surface area contributed by atoms with Crippen molar-refractivity contribution in [1.82, 2.24) is 20.0 Å². The van der Waals surface area contributed by atoms with E-state index in [9.17, 15) is 9.59 Å². The minimum Gasteiger partial charge on any atom is -0.341 e. The molecule has 6 nitrogen and oxygen atoms in total. The molecule has 0 bridgehead atoms. The number of hydrogen-bond acceptors (Lipinski definition) is 3. The van der Waals surface area contributed by atoms with Gasteiger partial charge in [0.15, 0.2) is 0 Å². The van der Waals surface area contributed by atoms with Gasteiger partial charge in [-0.05, 0) is 74.8 Å². The molecule has 1 aromatic heterocycles. The molecule has 142 valence electrons. The van der Waals surface area contributed by atoms with Crippen LogP contribution in [0.4, 0.5) is 0 Å². The summed E-state index contributed by atoms with van der Waals surface area (Å²) in [6, 6.07) is 6.72. The van der Waals surface area contributed by atoms with Gasteiger partial charge in [0.1, 0.15) is 6.04 Å². The van der Waals surface area contributed by atoms with Crippen LogP contribution < -0.4 is 5.32 Å². The SMILES string of the molecule is Cc1cnn(-c2ccc(C(=O)N[C@@H](C)C(=O)N3CCC4(CC3)CC4)cc2)c1. The highest BCUT2D eigenvalue weighted by Crippen LogP contribution is 2.53. The van der Waals surface area contributed by atoms with E-state index in [0.29, 0.717) is 11.0 Å². The maximum atomic E-state index is 12.6. The number of aromatic nitrogens is 2. The van der Waals surface area contributed by atoms with Crippen molar-refractivity contribution in [3.8, 4) is 5.69 Å². The van der Waals surface area contributed by atoms with Crippen LogP contribution >= 0.6 is 0 Å². The highest BCUT2D eigenvalue weighted by Gasteiger charge is 2.45. The van der Waals surface area contributed by atoms with Crippen molar-refractivity contribution >= 4 is 11.8 Å². The van der Waals surface area contributed by atoms with Gasteiger partial charge in [-0.1, -0.05) is 0 Å². The van der Waals surface area contributed by atoms with Gasteiger partial charge < -0.3 is 10.2 Å². The third-order valence-corrected chi connectivity index (χ3v) is 5.92. The van der Waals surface area contributed by atoms with Gasteiger partial charge in [0.05, 0.1) is 11.9 Å². The van der Waals surface area contributed by atoms with E-state index in [1.807, 2.05) is 30.2 Å². The van der Waals surface area contributed by atoms with Gasteiger partial charge in [-0.25, -0.2) is 4.68 Å². The van der Waals surface area contributed by atoms with E-state index in [0.717, 1.165) is 37.2 Å². The first kappa shape index (κ1) is 17.8. The van der Waals surface area contributed by atoms with Crippen LogP contribution in [0.1, 0.15) is 48.5 Å². The Morgan fingerprint density at radius 1 is 1.11 bits per heavy atom. The van der Waals surface area contributed by atoms with Crippen molar-refractivity contribution in [2.75, 3.05) is 13.1 Å². The second kappa shape index (κ2) is 6.83. The van der Waals surface area contributed by atoms with Crippen LogP contribution in [0.5, 0.6) is 0 Å². The van der Waals surface area contributed by atoms with Crippen molar-refractivity contribution in [3.05, 3.63) is 47.8 Å². The van der Waals surface area contributed by atoms with Gasteiger partial charge in [0.25, 0.3) is 5.91 Å². The summed E-state index contributed by atoms with van der Waals surface area (Å²) in [5.41, 5.74) is 3.05. The fourth-order valence-electron chi connectivity index (χ4n) is 3.81. The Morgan fingerprint density at radius 3 is 2.33 bits per heavy atom. The van der Waals surface area contributed by atoms with Crippen LogP contribution in [-0.4, -0.2) is 45.6 Å². The molecule has 1 saturated heterocycles. The first-order valence-corrected chi connectivity index (χ1v) is 9.67. The Morgan fingerprint density at radius 2 is 1.78 bits per heavy atom. The van der Waals surface area contributed by atoms with Crippen molar-refractivity contribution in [2.24, 2.45) is 5.41 Å². The molecule has 0 unspecified atom stereocenters. The molecule has 27 heavy (non-hydrogen) atoms. The van der Waals surface area contributed by atoms with E-state index in [2.05, 4.69) is 10.4 Å². The van der Waals surface area contributed by atoms with Crippen LogP contribution in [-0.2, 0) is 4.79 Å². The number of piperidine rings is 1. The molecule has 0 radical (unpaired) electrons. The Hall–Kier alpha value is -2.63. The quantitative estimate of drug-likeness (QED) is 0.905. The first-order valence-electron chi connectivity index (χ1n) is 9.67. The van der Waals surface area contributed by atoms with Crippen LogP contribution in [0, 0.1) is 12.3 Å². The zero-order valence-electron chi connectivity index (χ0n) is 15.9. The fraction of sp³-hybridized carbons (Fsp3) is 0.476. The molecule has 2 aromatic rings. The maximum Gasteiger partial charge on any atom is 0.251 e. The highest BCUT2D eigenvalue weighted by molar-refractivity contribution is 5.97. The Bertz CT molecular complexity index is 841. The Balaban J connectivity index is 1.34. The van der Waals surface area contributed by atoms with Gasteiger partial charge in [-0.3, -0.25) is 9.59 Å². The van der Waals surface area contributed by atoms with Crippen molar-refractivity contribution in [2.45, 2.75) is 45.6 Å². The number of nitrogens with zero attached hydrogens (tertiary/aromatic N) is 3. The van der Waals surface area contributed by atoms with E-state index in [1.54, 1.807) is 29.9 Å². The van der Waals surface area contributed by atoms with Crippen LogP contribution in [0.15, 0.2) is 36.7 Å². The fourth-order valence-corrected chi connectivity index (χ4v) is 3.81. The molecule has 2 aliphatic rings. The van der Waals surface area contributed by atoms with E-state index in [1.165, 1.54) is 12.8 Å². The van der Waals surface area contributed by atoms with Crippen LogP contribution in [0.3, 0.4) is 0 Å². The number of carbonyl (C=O) groups is 2. The molecule has 1 atom stereocenters. The first-order chi connectivity index (χ1) is 13.0. The van der Waals surface area contributed by atoms with E-state index in [4.69, 9.17) is 0 Å². The third kappa shape index (κ3) is 3.75. The molecule has 1 saturated carbocycles. The summed E-state index contributed by atoms with van der Waals surface area (Å²) in [6.07, 6.45) is 8.56. The number of rotatable bonds is 4. The van der Waals surface area contributed by atoms with E-state index in [-0.39, 0.29) is 11.8 Å². The van der Waals surface area contributed by atoms with Crippen molar-refractivity contribution in [3.63, 3.8) is 0 Å². The van der Waals surface area contributed by atoms with E-state index >= 15 is 0 Å². The van der Waals surface area contributed by atoms with Gasteiger partial charge in [-0.2, -0.15) is 5.10 Å². The summed E-state index contributed by atoms with van der Waals surface area (Å²) < 4.78 is 1.77. The molecule has 2 heterocycles. The van der Waals surface area contributed by atoms with Crippen LogP contribution in [0.25, 0.3) is 5.69 Å². The van der Waals surface area contributed by atoms with E-state index < -0.39 is 6.04 Å². The molecule has 1 aliphatic carbocycles. The summed E-state index contributed by atoms with van der Waals surface area (Å²) in [4.78, 5) is 27.0. The van der Waals surface area contributed by atoms with Crippen molar-refractivity contribution < 1.29 is 9.59 Å². The maximum absolute atomic E-state index is 12.6. The summed E-state index contributed by atoms with van der Waals surface area (Å²) in [5, 5.41) is 7.10. The number of hydrogen-bond donors (Lipinski definition) is 1. The number of aryl methyl sites for hydroxylation is 1. The van der Waals surface area contributed by atoms with Gasteiger partial charge in [-0.15, -0.1) is 0 Å². The normalized spacial score (nSPS) is 19.0. The van der Waals surface area contributed by atoms with Gasteiger partial charge >= 0.3 is 0 Å². The topological polar surface area (TPSA) is 67.2 Å². The van der Waals surface area contributed by atoms with Crippen LogP contribution in [0.2, 0.25) is 0 Å². The summed E-state index contributed by atoms with van der Waals surface area (Å²) in [5.74, 6) is -0.211. The molecule has 1 aliphatic heterocycles. The molecule has 2 amide bonds. The van der Waals surface area contributed by atoms with Crippen molar-refractivity contribution in [1.29, 1.82) is 0 Å². The molecular formula is C21H26N4O2. The molecule has 1 spiro atoms. The highest BCUT2D eigenvalue weighted by atomic mass is 16.2. The average Bonchev–Trinajstić information content (AvgIpc) is 3.29. The number of benzene rings is 1. The Labute approximate surface area is 159 Å². The number of amides is 2. The molecule has 6 heteroatoms. The smallest absolute Gasteiger partial charge is 0.251 e. The van der Waals surface area contributed by atoms with Gasteiger partial charge in [0.2, 0.25) is 5.91 Å². The molecule has 1 N–H and O–H groups in total. The molecule has 2 fully saturated rings. The number of nitrogens with one attached hydrogen (secondary N) is 1. The number of carbonyl (C=O) groups excluding carboxylic acids is 2. The lowest BCUT2D eigenvalue weighted by molar-refractivity contribution is -0.134. The lowest BCUT2D eigenvalue weighted by Crippen LogP contribution is -2.49.